The van der Waals surface area contributed by atoms with Crippen molar-refractivity contribution in [2.45, 2.75) is 25.1 Å². The summed E-state index contributed by atoms with van der Waals surface area (Å²) in [6, 6.07) is 9.24. The lowest BCUT2D eigenvalue weighted by molar-refractivity contribution is -0.116. The van der Waals surface area contributed by atoms with Crippen molar-refractivity contribution in [3.05, 3.63) is 30.3 Å². The highest BCUT2D eigenvalue weighted by molar-refractivity contribution is 6.32. The molecule has 0 aliphatic carbocycles. The third kappa shape index (κ3) is 5.71. The lowest BCUT2D eigenvalue weighted by Crippen LogP contribution is -2.27. The molecule has 0 spiro atoms. The van der Waals surface area contributed by atoms with Gasteiger partial charge in [0.05, 0.1) is 6.61 Å². The van der Waals surface area contributed by atoms with Crippen LogP contribution in [-0.2, 0) is 9.53 Å². The van der Waals surface area contributed by atoms with E-state index in [1.54, 1.807) is 0 Å². The van der Waals surface area contributed by atoms with Crippen LogP contribution in [0, 0.1) is 0 Å². The SMILES string of the molecule is CCCCOCC(Cl)C(=O)Nc1ccccc1. The van der Waals surface area contributed by atoms with E-state index in [-0.39, 0.29) is 12.5 Å². The number of para-hydroxylation sites is 1. The third-order valence-electron chi connectivity index (χ3n) is 2.23. The Kier molecular flexibility index (Phi) is 6.67. The highest BCUT2D eigenvalue weighted by atomic mass is 35.5. The number of ether oxygens (including phenoxy) is 1. The Bertz CT molecular complexity index is 329. The molecule has 1 atom stereocenters. The van der Waals surface area contributed by atoms with Gasteiger partial charge in [0.25, 0.3) is 0 Å². The summed E-state index contributed by atoms with van der Waals surface area (Å²) < 4.78 is 5.30. The van der Waals surface area contributed by atoms with Crippen molar-refractivity contribution in [2.24, 2.45) is 0 Å². The third-order valence-corrected chi connectivity index (χ3v) is 2.56. The Morgan fingerprint density at radius 1 is 1.41 bits per heavy atom. The van der Waals surface area contributed by atoms with Crippen LogP contribution in [0.5, 0.6) is 0 Å². The molecule has 4 heteroatoms. The van der Waals surface area contributed by atoms with Crippen LogP contribution in [0.25, 0.3) is 0 Å². The number of hydrogen-bond donors (Lipinski definition) is 1. The number of unbranched alkanes of at least 4 members (excludes halogenated alkanes) is 1. The summed E-state index contributed by atoms with van der Waals surface area (Å²) in [4.78, 5) is 11.7. The van der Waals surface area contributed by atoms with Crippen LogP contribution in [0.3, 0.4) is 0 Å². The van der Waals surface area contributed by atoms with Gasteiger partial charge in [-0.1, -0.05) is 31.5 Å². The molecule has 0 bridgehead atoms. The standard InChI is InChI=1S/C13H18ClNO2/c1-2-3-9-17-10-12(14)13(16)15-11-7-5-4-6-8-11/h4-8,12H,2-3,9-10H2,1H3,(H,15,16). The number of carbonyl (C=O) groups is 1. The molecular weight excluding hydrogens is 238 g/mol. The van der Waals surface area contributed by atoms with E-state index >= 15 is 0 Å². The number of nitrogens with one attached hydrogen (secondary N) is 1. The van der Waals surface area contributed by atoms with E-state index in [1.807, 2.05) is 30.3 Å². The average molecular weight is 256 g/mol. The Hall–Kier alpha value is -1.06. The van der Waals surface area contributed by atoms with Gasteiger partial charge in [-0.3, -0.25) is 4.79 Å². The maximum absolute atomic E-state index is 11.7. The van der Waals surface area contributed by atoms with E-state index in [9.17, 15) is 4.79 Å². The van der Waals surface area contributed by atoms with Gasteiger partial charge in [0.15, 0.2) is 0 Å². The smallest absolute Gasteiger partial charge is 0.244 e. The van der Waals surface area contributed by atoms with Crippen molar-refractivity contribution in [2.75, 3.05) is 18.5 Å². The molecule has 3 nitrogen and oxygen atoms in total. The number of rotatable bonds is 7. The van der Waals surface area contributed by atoms with Crippen molar-refractivity contribution in [3.8, 4) is 0 Å². The van der Waals surface area contributed by atoms with Gasteiger partial charge in [-0.05, 0) is 18.6 Å². The van der Waals surface area contributed by atoms with Crippen LogP contribution in [-0.4, -0.2) is 24.5 Å². The molecule has 1 amide bonds. The van der Waals surface area contributed by atoms with Gasteiger partial charge >= 0.3 is 0 Å². The summed E-state index contributed by atoms with van der Waals surface area (Å²) in [6.07, 6.45) is 2.06. The first-order chi connectivity index (χ1) is 8.24. The van der Waals surface area contributed by atoms with E-state index in [4.69, 9.17) is 16.3 Å². The molecule has 0 aromatic heterocycles. The topological polar surface area (TPSA) is 38.3 Å². The summed E-state index contributed by atoms with van der Waals surface area (Å²) in [5, 5.41) is 2.09. The summed E-state index contributed by atoms with van der Waals surface area (Å²) in [6.45, 7) is 2.99. The molecule has 0 heterocycles. The monoisotopic (exact) mass is 255 g/mol. The fourth-order valence-electron chi connectivity index (χ4n) is 1.25. The first-order valence-electron chi connectivity index (χ1n) is 5.81. The number of benzene rings is 1. The Balaban J connectivity index is 2.27. The predicted molar refractivity (Wildman–Crippen MR) is 70.4 cm³/mol. The van der Waals surface area contributed by atoms with Gasteiger partial charge in [-0.15, -0.1) is 11.6 Å². The molecule has 0 aliphatic rings. The van der Waals surface area contributed by atoms with Crippen LogP contribution >= 0.6 is 11.6 Å². The number of hydrogen-bond acceptors (Lipinski definition) is 2. The van der Waals surface area contributed by atoms with E-state index in [0.717, 1.165) is 18.5 Å². The number of amides is 1. The van der Waals surface area contributed by atoms with Crippen molar-refractivity contribution in [1.29, 1.82) is 0 Å². The number of halogens is 1. The molecular formula is C13H18ClNO2. The maximum atomic E-state index is 11.7. The summed E-state index contributed by atoms with van der Waals surface area (Å²) >= 11 is 5.92. The largest absolute Gasteiger partial charge is 0.379 e. The van der Waals surface area contributed by atoms with Gasteiger partial charge in [0.2, 0.25) is 5.91 Å². The zero-order valence-electron chi connectivity index (χ0n) is 9.99. The zero-order valence-corrected chi connectivity index (χ0v) is 10.7. The molecule has 1 unspecified atom stereocenters. The van der Waals surface area contributed by atoms with E-state index in [0.29, 0.717) is 6.61 Å². The number of carbonyl (C=O) groups excluding carboxylic acids is 1. The Morgan fingerprint density at radius 3 is 2.76 bits per heavy atom. The van der Waals surface area contributed by atoms with E-state index in [2.05, 4.69) is 12.2 Å². The Morgan fingerprint density at radius 2 is 2.12 bits per heavy atom. The van der Waals surface area contributed by atoms with Gasteiger partial charge in [0, 0.05) is 12.3 Å². The zero-order chi connectivity index (χ0) is 12.5. The quantitative estimate of drug-likeness (QED) is 0.601. The first-order valence-corrected chi connectivity index (χ1v) is 6.25. The lowest BCUT2D eigenvalue weighted by atomic mass is 10.3. The summed E-state index contributed by atoms with van der Waals surface area (Å²) in [5.41, 5.74) is 0.747. The molecule has 0 aliphatic heterocycles. The highest BCUT2D eigenvalue weighted by Crippen LogP contribution is 2.08. The predicted octanol–water partition coefficient (Wildman–Crippen LogP) is 3.05. The van der Waals surface area contributed by atoms with Crippen LogP contribution in [0.1, 0.15) is 19.8 Å². The van der Waals surface area contributed by atoms with Crippen molar-refractivity contribution in [3.63, 3.8) is 0 Å². The normalized spacial score (nSPS) is 12.1. The minimum absolute atomic E-state index is 0.227. The second-order valence-electron chi connectivity index (χ2n) is 3.75. The fourth-order valence-corrected chi connectivity index (χ4v) is 1.39. The first kappa shape index (κ1) is 14.0. The molecule has 1 rings (SSSR count). The lowest BCUT2D eigenvalue weighted by Gasteiger charge is -2.10. The molecule has 1 N–H and O–H groups in total. The molecule has 0 saturated carbocycles. The number of anilines is 1. The Labute approximate surface area is 107 Å². The molecule has 0 radical (unpaired) electrons. The minimum Gasteiger partial charge on any atom is -0.379 e. The van der Waals surface area contributed by atoms with E-state index in [1.165, 1.54) is 0 Å². The highest BCUT2D eigenvalue weighted by Gasteiger charge is 2.15. The molecule has 0 fully saturated rings. The minimum atomic E-state index is -0.646. The molecule has 1 aromatic rings. The van der Waals surface area contributed by atoms with Crippen molar-refractivity contribution < 1.29 is 9.53 Å². The number of alkyl halides is 1. The van der Waals surface area contributed by atoms with Crippen LogP contribution in [0.2, 0.25) is 0 Å². The van der Waals surface area contributed by atoms with Crippen LogP contribution in [0.4, 0.5) is 5.69 Å². The van der Waals surface area contributed by atoms with Crippen molar-refractivity contribution in [1.82, 2.24) is 0 Å². The van der Waals surface area contributed by atoms with Crippen LogP contribution < -0.4 is 5.32 Å². The molecule has 94 valence electrons. The van der Waals surface area contributed by atoms with E-state index < -0.39 is 5.38 Å². The molecule has 17 heavy (non-hydrogen) atoms. The van der Waals surface area contributed by atoms with Gasteiger partial charge < -0.3 is 10.1 Å². The molecule has 0 saturated heterocycles. The van der Waals surface area contributed by atoms with Crippen molar-refractivity contribution >= 4 is 23.2 Å². The second-order valence-corrected chi connectivity index (χ2v) is 4.28. The molecule has 1 aromatic carbocycles. The van der Waals surface area contributed by atoms with Crippen LogP contribution in [0.15, 0.2) is 30.3 Å². The van der Waals surface area contributed by atoms with Gasteiger partial charge in [-0.2, -0.15) is 0 Å². The second kappa shape index (κ2) is 8.09. The summed E-state index contributed by atoms with van der Waals surface area (Å²) in [7, 11) is 0. The summed E-state index contributed by atoms with van der Waals surface area (Å²) in [5.74, 6) is -0.227. The average Bonchev–Trinajstić information content (AvgIpc) is 2.35. The van der Waals surface area contributed by atoms with Gasteiger partial charge in [-0.25, -0.2) is 0 Å². The fraction of sp³-hybridized carbons (Fsp3) is 0.462. The maximum Gasteiger partial charge on any atom is 0.244 e. The van der Waals surface area contributed by atoms with Gasteiger partial charge in [0.1, 0.15) is 5.38 Å².